The van der Waals surface area contributed by atoms with Crippen molar-refractivity contribution in [3.05, 3.63) is 40.4 Å². The lowest BCUT2D eigenvalue weighted by atomic mass is 10.1. The fourth-order valence-corrected chi connectivity index (χ4v) is 2.67. The summed E-state index contributed by atoms with van der Waals surface area (Å²) in [5.74, 6) is -0.219. The molecule has 1 heterocycles. The molecule has 1 amide bonds. The van der Waals surface area contributed by atoms with Gasteiger partial charge in [-0.05, 0) is 36.6 Å². The van der Waals surface area contributed by atoms with Gasteiger partial charge >= 0.3 is 6.18 Å². The van der Waals surface area contributed by atoms with Crippen LogP contribution in [0.25, 0.3) is 6.08 Å². The van der Waals surface area contributed by atoms with Crippen molar-refractivity contribution in [2.24, 2.45) is 0 Å². The van der Waals surface area contributed by atoms with E-state index in [4.69, 9.17) is 16.3 Å². The quantitative estimate of drug-likeness (QED) is 0.773. The summed E-state index contributed by atoms with van der Waals surface area (Å²) < 4.78 is 43.6. The van der Waals surface area contributed by atoms with Crippen LogP contribution < -0.4 is 0 Å². The Morgan fingerprint density at radius 3 is 2.57 bits per heavy atom. The second kappa shape index (κ2) is 7.36. The highest BCUT2D eigenvalue weighted by molar-refractivity contribution is 6.31. The fourth-order valence-electron chi connectivity index (χ4n) is 2.45. The number of hydrogen-bond donors (Lipinski definition) is 0. The molecule has 0 aliphatic carbocycles. The zero-order valence-electron chi connectivity index (χ0n) is 12.6. The number of ether oxygens (including phenoxy) is 1. The molecule has 0 radical (unpaired) electrons. The van der Waals surface area contributed by atoms with E-state index in [2.05, 4.69) is 0 Å². The number of likely N-dealkylation sites (tertiary alicyclic amines) is 1. The Balaban J connectivity index is 2.04. The third kappa shape index (κ3) is 4.72. The lowest BCUT2D eigenvalue weighted by molar-refractivity contribution is -0.137. The zero-order valence-corrected chi connectivity index (χ0v) is 13.3. The number of rotatable bonds is 3. The van der Waals surface area contributed by atoms with E-state index in [0.29, 0.717) is 13.1 Å². The van der Waals surface area contributed by atoms with Crippen molar-refractivity contribution in [2.45, 2.75) is 25.1 Å². The molecule has 0 saturated carbocycles. The molecule has 1 aromatic rings. The molecular formula is C16H17ClF3NO2. The largest absolute Gasteiger partial charge is 0.417 e. The first-order valence-electron chi connectivity index (χ1n) is 7.18. The monoisotopic (exact) mass is 347 g/mol. The highest BCUT2D eigenvalue weighted by Gasteiger charge is 2.33. The van der Waals surface area contributed by atoms with E-state index in [1.807, 2.05) is 0 Å². The van der Waals surface area contributed by atoms with Crippen molar-refractivity contribution in [3.63, 3.8) is 0 Å². The van der Waals surface area contributed by atoms with Gasteiger partial charge in [-0.3, -0.25) is 4.79 Å². The number of nitrogens with zero attached hydrogens (tertiary/aromatic N) is 1. The van der Waals surface area contributed by atoms with Crippen LogP contribution in [-0.2, 0) is 15.7 Å². The van der Waals surface area contributed by atoms with E-state index < -0.39 is 11.7 Å². The van der Waals surface area contributed by atoms with E-state index in [-0.39, 0.29) is 22.6 Å². The van der Waals surface area contributed by atoms with Gasteiger partial charge in [-0.15, -0.1) is 0 Å². The van der Waals surface area contributed by atoms with E-state index >= 15 is 0 Å². The fraction of sp³-hybridized carbons (Fsp3) is 0.438. The Labute approximate surface area is 137 Å². The Morgan fingerprint density at radius 1 is 1.35 bits per heavy atom. The second-order valence-electron chi connectivity index (χ2n) is 5.33. The molecule has 0 aromatic heterocycles. The molecule has 23 heavy (non-hydrogen) atoms. The molecule has 0 spiro atoms. The number of halogens is 4. The van der Waals surface area contributed by atoms with Gasteiger partial charge in [0.2, 0.25) is 5.91 Å². The predicted molar refractivity (Wildman–Crippen MR) is 82.1 cm³/mol. The van der Waals surface area contributed by atoms with Crippen LogP contribution in [0.4, 0.5) is 13.2 Å². The minimum atomic E-state index is -4.52. The summed E-state index contributed by atoms with van der Waals surface area (Å²) in [4.78, 5) is 13.7. The summed E-state index contributed by atoms with van der Waals surface area (Å²) in [6.45, 7) is 1.16. The third-order valence-corrected chi connectivity index (χ3v) is 4.13. The van der Waals surface area contributed by atoms with Gasteiger partial charge in [-0.25, -0.2) is 0 Å². The molecule has 1 saturated heterocycles. The first-order valence-corrected chi connectivity index (χ1v) is 7.55. The average Bonchev–Trinajstić information content (AvgIpc) is 2.52. The van der Waals surface area contributed by atoms with E-state index in [1.165, 1.54) is 24.3 Å². The molecule has 2 rings (SSSR count). The van der Waals surface area contributed by atoms with Crippen molar-refractivity contribution in [3.8, 4) is 0 Å². The molecule has 1 aliphatic heterocycles. The summed E-state index contributed by atoms with van der Waals surface area (Å²) in [7, 11) is 1.64. The maximum Gasteiger partial charge on any atom is 0.417 e. The highest BCUT2D eigenvalue weighted by Crippen LogP contribution is 2.35. The molecule has 0 unspecified atom stereocenters. The highest BCUT2D eigenvalue weighted by atomic mass is 35.5. The van der Waals surface area contributed by atoms with E-state index in [0.717, 1.165) is 18.9 Å². The number of alkyl halides is 3. The van der Waals surface area contributed by atoms with Gasteiger partial charge in [0.05, 0.1) is 16.7 Å². The molecule has 1 aliphatic rings. The molecule has 7 heteroatoms. The predicted octanol–water partition coefficient (Wildman–Crippen LogP) is 4.01. The third-order valence-electron chi connectivity index (χ3n) is 3.80. The van der Waals surface area contributed by atoms with Crippen molar-refractivity contribution in [1.29, 1.82) is 0 Å². The standard InChI is InChI=1S/C16H17ClF3NO2/c1-23-12-6-8-21(9-7-12)15(22)5-3-11-2-4-14(17)13(10-11)16(18,19)20/h2-5,10,12H,6-9H2,1H3/b5-3+. The molecule has 126 valence electrons. The van der Waals surface area contributed by atoms with Gasteiger partial charge < -0.3 is 9.64 Å². The topological polar surface area (TPSA) is 29.5 Å². The average molecular weight is 348 g/mol. The number of hydrogen-bond acceptors (Lipinski definition) is 2. The van der Waals surface area contributed by atoms with Gasteiger partial charge in [-0.1, -0.05) is 17.7 Å². The number of amides is 1. The van der Waals surface area contributed by atoms with Crippen LogP contribution in [0.1, 0.15) is 24.0 Å². The van der Waals surface area contributed by atoms with Crippen molar-refractivity contribution >= 4 is 23.6 Å². The summed E-state index contributed by atoms with van der Waals surface area (Å²) in [5, 5.41) is -0.359. The van der Waals surface area contributed by atoms with Crippen molar-refractivity contribution in [2.75, 3.05) is 20.2 Å². The van der Waals surface area contributed by atoms with E-state index in [9.17, 15) is 18.0 Å². The molecule has 0 atom stereocenters. The molecule has 1 aromatic carbocycles. The summed E-state index contributed by atoms with van der Waals surface area (Å²) in [6.07, 6.45) is -0.182. The number of piperidine rings is 1. The Bertz CT molecular complexity index is 593. The lowest BCUT2D eigenvalue weighted by Gasteiger charge is -2.30. The Morgan fingerprint density at radius 2 is 2.00 bits per heavy atom. The molecular weight excluding hydrogens is 331 g/mol. The summed E-state index contributed by atoms with van der Waals surface area (Å²) in [5.41, 5.74) is -0.628. The summed E-state index contributed by atoms with van der Waals surface area (Å²) >= 11 is 5.56. The van der Waals surface area contributed by atoms with Crippen LogP contribution in [0.15, 0.2) is 24.3 Å². The number of carbonyl (C=O) groups is 1. The Hall–Kier alpha value is -1.53. The first-order chi connectivity index (χ1) is 10.8. The minimum absolute atomic E-state index is 0.161. The van der Waals surface area contributed by atoms with Crippen molar-refractivity contribution in [1.82, 2.24) is 4.90 Å². The van der Waals surface area contributed by atoms with Crippen LogP contribution in [0.5, 0.6) is 0 Å². The lowest BCUT2D eigenvalue weighted by Crippen LogP contribution is -2.39. The SMILES string of the molecule is COC1CCN(C(=O)/C=C/c2ccc(Cl)c(C(F)(F)F)c2)CC1. The maximum absolute atomic E-state index is 12.8. The molecule has 1 fully saturated rings. The molecule has 0 N–H and O–H groups in total. The normalized spacial score (nSPS) is 17.0. The molecule has 3 nitrogen and oxygen atoms in total. The van der Waals surface area contributed by atoms with Gasteiger partial charge in [0.15, 0.2) is 0 Å². The van der Waals surface area contributed by atoms with Crippen LogP contribution in [0.3, 0.4) is 0 Å². The zero-order chi connectivity index (χ0) is 17.0. The van der Waals surface area contributed by atoms with Crippen LogP contribution in [-0.4, -0.2) is 37.1 Å². The van der Waals surface area contributed by atoms with Crippen LogP contribution >= 0.6 is 11.6 Å². The number of methoxy groups -OCH3 is 1. The van der Waals surface area contributed by atoms with Crippen molar-refractivity contribution < 1.29 is 22.7 Å². The summed E-state index contributed by atoms with van der Waals surface area (Å²) in [6, 6.07) is 3.56. The smallest absolute Gasteiger partial charge is 0.381 e. The first kappa shape index (κ1) is 17.8. The van der Waals surface area contributed by atoms with Gasteiger partial charge in [-0.2, -0.15) is 13.2 Å². The van der Waals surface area contributed by atoms with Gasteiger partial charge in [0.1, 0.15) is 0 Å². The number of benzene rings is 1. The van der Waals surface area contributed by atoms with Gasteiger partial charge in [0.25, 0.3) is 0 Å². The van der Waals surface area contributed by atoms with Gasteiger partial charge in [0, 0.05) is 26.3 Å². The minimum Gasteiger partial charge on any atom is -0.381 e. The Kier molecular flexibility index (Phi) is 5.70. The van der Waals surface area contributed by atoms with Crippen LogP contribution in [0.2, 0.25) is 5.02 Å². The second-order valence-corrected chi connectivity index (χ2v) is 5.74. The molecule has 0 bridgehead atoms. The maximum atomic E-state index is 12.8. The number of carbonyl (C=O) groups excluding carboxylic acids is 1. The van der Waals surface area contributed by atoms with Crippen LogP contribution in [0, 0.1) is 0 Å². The van der Waals surface area contributed by atoms with E-state index in [1.54, 1.807) is 12.0 Å².